The normalized spacial score (nSPS) is 9.78. The quantitative estimate of drug-likeness (QED) is 0.779. The molecule has 0 aliphatic rings. The molecule has 2 aromatic carbocycles. The van der Waals surface area contributed by atoms with Crippen LogP contribution in [-0.4, -0.2) is 0 Å². The molecule has 0 atom stereocenters. The molecule has 0 aromatic heterocycles. The van der Waals surface area contributed by atoms with Crippen LogP contribution in [0, 0.1) is 11.3 Å². The van der Waals surface area contributed by atoms with Crippen molar-refractivity contribution in [1.29, 1.82) is 5.26 Å². The van der Waals surface area contributed by atoms with Crippen molar-refractivity contribution in [2.24, 2.45) is 0 Å². The minimum atomic E-state index is 0.497. The monoisotopic (exact) mass is 257 g/mol. The van der Waals surface area contributed by atoms with Crippen LogP contribution >= 0.6 is 11.6 Å². The average molecular weight is 258 g/mol. The zero-order valence-electron chi connectivity index (χ0n) is 9.77. The number of hydrogen-bond acceptors (Lipinski definition) is 2. The lowest BCUT2D eigenvalue weighted by atomic mass is 10.1. The molecule has 0 N–H and O–H groups in total. The first-order valence-corrected chi connectivity index (χ1v) is 6.12. The summed E-state index contributed by atoms with van der Waals surface area (Å²) in [6, 6.07) is 17.1. The van der Waals surface area contributed by atoms with Crippen LogP contribution in [0.15, 0.2) is 48.5 Å². The van der Waals surface area contributed by atoms with Gasteiger partial charge in [-0.1, -0.05) is 24.3 Å². The summed E-state index contributed by atoms with van der Waals surface area (Å²) in [5.41, 5.74) is 2.79. The van der Waals surface area contributed by atoms with Gasteiger partial charge in [-0.15, -0.1) is 11.6 Å². The Balaban J connectivity index is 2.00. The summed E-state index contributed by atoms with van der Waals surface area (Å²) in [7, 11) is 0. The highest BCUT2D eigenvalue weighted by molar-refractivity contribution is 6.17. The summed E-state index contributed by atoms with van der Waals surface area (Å²) >= 11 is 5.78. The molecule has 0 saturated heterocycles. The largest absolute Gasteiger partial charge is 0.489 e. The Hall–Kier alpha value is -1.98. The minimum absolute atomic E-state index is 0.497. The van der Waals surface area contributed by atoms with Gasteiger partial charge in [0.05, 0.1) is 11.6 Å². The first-order valence-electron chi connectivity index (χ1n) is 5.58. The van der Waals surface area contributed by atoms with Gasteiger partial charge in [-0.2, -0.15) is 5.26 Å². The van der Waals surface area contributed by atoms with Crippen molar-refractivity contribution in [3.63, 3.8) is 0 Å². The van der Waals surface area contributed by atoms with E-state index in [2.05, 4.69) is 6.07 Å². The van der Waals surface area contributed by atoms with Crippen molar-refractivity contribution in [2.75, 3.05) is 0 Å². The summed E-state index contributed by atoms with van der Waals surface area (Å²) in [5.74, 6) is 1.26. The predicted octanol–water partition coefficient (Wildman–Crippen LogP) is 3.88. The number of nitrogens with zero attached hydrogens (tertiary/aromatic N) is 1. The molecule has 0 fully saturated rings. The van der Waals surface area contributed by atoms with E-state index < -0.39 is 0 Å². The molecular weight excluding hydrogens is 246 g/mol. The van der Waals surface area contributed by atoms with E-state index >= 15 is 0 Å². The Bertz CT molecular complexity index is 557. The first-order chi connectivity index (χ1) is 8.81. The second-order valence-electron chi connectivity index (χ2n) is 3.88. The summed E-state index contributed by atoms with van der Waals surface area (Å²) < 4.78 is 5.64. The molecule has 0 saturated carbocycles. The van der Waals surface area contributed by atoms with Crippen LogP contribution in [0.1, 0.15) is 16.7 Å². The van der Waals surface area contributed by atoms with Crippen molar-refractivity contribution in [1.82, 2.24) is 0 Å². The standard InChI is InChI=1S/C15H12ClNO/c16-9-13-2-1-3-14(8-13)11-18-15-6-4-12(10-17)5-7-15/h1-8H,9,11H2. The van der Waals surface area contributed by atoms with Crippen LogP contribution in [0.3, 0.4) is 0 Å². The fraction of sp³-hybridized carbons (Fsp3) is 0.133. The maximum Gasteiger partial charge on any atom is 0.119 e. The van der Waals surface area contributed by atoms with Crippen LogP contribution in [0.2, 0.25) is 0 Å². The lowest BCUT2D eigenvalue weighted by Gasteiger charge is -2.07. The molecule has 0 unspecified atom stereocenters. The maximum absolute atomic E-state index is 8.69. The van der Waals surface area contributed by atoms with E-state index in [1.807, 2.05) is 24.3 Å². The van der Waals surface area contributed by atoms with E-state index in [0.717, 1.165) is 16.9 Å². The van der Waals surface area contributed by atoms with E-state index in [0.29, 0.717) is 18.1 Å². The van der Waals surface area contributed by atoms with E-state index in [4.69, 9.17) is 21.6 Å². The van der Waals surface area contributed by atoms with E-state index in [1.54, 1.807) is 24.3 Å². The van der Waals surface area contributed by atoms with Crippen molar-refractivity contribution in [3.8, 4) is 11.8 Å². The minimum Gasteiger partial charge on any atom is -0.489 e. The van der Waals surface area contributed by atoms with E-state index in [1.165, 1.54) is 0 Å². The molecule has 0 aliphatic heterocycles. The number of hydrogen-bond donors (Lipinski definition) is 0. The second-order valence-corrected chi connectivity index (χ2v) is 4.15. The number of alkyl halides is 1. The van der Waals surface area contributed by atoms with Gasteiger partial charge in [0.1, 0.15) is 12.4 Å². The Kier molecular flexibility index (Phi) is 4.22. The molecule has 2 aromatic rings. The molecule has 3 heteroatoms. The highest BCUT2D eigenvalue weighted by atomic mass is 35.5. The smallest absolute Gasteiger partial charge is 0.119 e. The summed E-state index contributed by atoms with van der Waals surface area (Å²) in [6.45, 7) is 0.497. The molecule has 18 heavy (non-hydrogen) atoms. The topological polar surface area (TPSA) is 33.0 Å². The van der Waals surface area contributed by atoms with Crippen LogP contribution < -0.4 is 4.74 Å². The zero-order chi connectivity index (χ0) is 12.8. The van der Waals surface area contributed by atoms with Gasteiger partial charge < -0.3 is 4.74 Å². The zero-order valence-corrected chi connectivity index (χ0v) is 10.5. The lowest BCUT2D eigenvalue weighted by molar-refractivity contribution is 0.306. The van der Waals surface area contributed by atoms with Crippen LogP contribution in [-0.2, 0) is 12.5 Å². The fourth-order valence-corrected chi connectivity index (χ4v) is 1.76. The number of halogens is 1. The third kappa shape index (κ3) is 3.26. The molecule has 0 amide bonds. The molecule has 2 nitrogen and oxygen atoms in total. The molecule has 0 aliphatic carbocycles. The molecule has 0 radical (unpaired) electrons. The molecular formula is C15H12ClNO. The third-order valence-corrected chi connectivity index (χ3v) is 2.84. The number of benzene rings is 2. The van der Waals surface area contributed by atoms with Crippen molar-refractivity contribution < 1.29 is 4.74 Å². The fourth-order valence-electron chi connectivity index (χ4n) is 1.59. The van der Waals surface area contributed by atoms with Gasteiger partial charge in [-0.3, -0.25) is 0 Å². The van der Waals surface area contributed by atoms with Gasteiger partial charge in [0.15, 0.2) is 0 Å². The van der Waals surface area contributed by atoms with E-state index in [-0.39, 0.29) is 0 Å². The van der Waals surface area contributed by atoms with E-state index in [9.17, 15) is 0 Å². The molecule has 0 bridgehead atoms. The Labute approximate surface area is 111 Å². The number of nitriles is 1. The van der Waals surface area contributed by atoms with Crippen molar-refractivity contribution in [3.05, 3.63) is 65.2 Å². The Morgan fingerprint density at radius 3 is 2.44 bits per heavy atom. The number of ether oxygens (including phenoxy) is 1. The van der Waals surface area contributed by atoms with Gasteiger partial charge in [-0.05, 0) is 35.4 Å². The second kappa shape index (κ2) is 6.09. The highest BCUT2D eigenvalue weighted by Crippen LogP contribution is 2.15. The third-order valence-electron chi connectivity index (χ3n) is 2.53. The predicted molar refractivity (Wildman–Crippen MR) is 71.5 cm³/mol. The summed E-state index contributed by atoms with van der Waals surface area (Å²) in [6.07, 6.45) is 0. The molecule has 0 spiro atoms. The van der Waals surface area contributed by atoms with Crippen LogP contribution in [0.5, 0.6) is 5.75 Å². The SMILES string of the molecule is N#Cc1ccc(OCc2cccc(CCl)c2)cc1. The summed E-state index contributed by atoms with van der Waals surface area (Å²) in [5, 5.41) is 8.69. The Morgan fingerprint density at radius 2 is 1.78 bits per heavy atom. The maximum atomic E-state index is 8.69. The van der Waals surface area contributed by atoms with Gasteiger partial charge >= 0.3 is 0 Å². The van der Waals surface area contributed by atoms with Gasteiger partial charge in [0.2, 0.25) is 0 Å². The van der Waals surface area contributed by atoms with Gasteiger partial charge in [-0.25, -0.2) is 0 Å². The van der Waals surface area contributed by atoms with Crippen LogP contribution in [0.4, 0.5) is 0 Å². The van der Waals surface area contributed by atoms with Crippen molar-refractivity contribution in [2.45, 2.75) is 12.5 Å². The van der Waals surface area contributed by atoms with Gasteiger partial charge in [0, 0.05) is 5.88 Å². The number of rotatable bonds is 4. The van der Waals surface area contributed by atoms with Crippen molar-refractivity contribution >= 4 is 11.6 Å². The summed E-state index contributed by atoms with van der Waals surface area (Å²) in [4.78, 5) is 0. The molecule has 0 heterocycles. The molecule has 90 valence electrons. The highest BCUT2D eigenvalue weighted by Gasteiger charge is 1.98. The molecule has 2 rings (SSSR count). The van der Waals surface area contributed by atoms with Crippen LogP contribution in [0.25, 0.3) is 0 Å². The first kappa shape index (κ1) is 12.5. The lowest BCUT2D eigenvalue weighted by Crippen LogP contribution is -1.96. The Morgan fingerprint density at radius 1 is 1.06 bits per heavy atom. The van der Waals surface area contributed by atoms with Gasteiger partial charge in [0.25, 0.3) is 0 Å². The average Bonchev–Trinajstić information content (AvgIpc) is 2.46.